The largest absolute Gasteiger partial charge is 0.485 e. The van der Waals surface area contributed by atoms with Gasteiger partial charge < -0.3 is 19.1 Å². The predicted octanol–water partition coefficient (Wildman–Crippen LogP) is 2.68. The number of carbonyl (C=O) groups excluding carboxylic acids is 2. The summed E-state index contributed by atoms with van der Waals surface area (Å²) in [7, 11) is 0. The molecule has 0 radical (unpaired) electrons. The van der Waals surface area contributed by atoms with Gasteiger partial charge in [-0.25, -0.2) is 0 Å². The molecule has 156 valence electrons. The number of nitrogens with zero attached hydrogens (tertiary/aromatic N) is 4. The molecule has 8 heteroatoms. The fourth-order valence-corrected chi connectivity index (χ4v) is 3.15. The number of hydrogen-bond donors (Lipinski definition) is 0. The van der Waals surface area contributed by atoms with Crippen molar-refractivity contribution in [1.82, 2.24) is 19.9 Å². The Morgan fingerprint density at radius 1 is 1.10 bits per heavy atom. The minimum Gasteiger partial charge on any atom is -0.485 e. The van der Waals surface area contributed by atoms with Gasteiger partial charge in [-0.15, -0.1) is 0 Å². The van der Waals surface area contributed by atoms with E-state index >= 15 is 0 Å². The van der Waals surface area contributed by atoms with Crippen LogP contribution >= 0.6 is 0 Å². The SMILES string of the molecule is Cc1nc(COc2ccc(C(=O)N3CCN(C(=O)CCC(C)C)CC3)cc2)no1. The molecule has 2 heterocycles. The van der Waals surface area contributed by atoms with Gasteiger partial charge in [0.2, 0.25) is 17.6 Å². The van der Waals surface area contributed by atoms with Crippen molar-refractivity contribution in [2.75, 3.05) is 26.2 Å². The van der Waals surface area contributed by atoms with Crippen molar-refractivity contribution in [2.24, 2.45) is 5.92 Å². The van der Waals surface area contributed by atoms with Crippen LogP contribution in [-0.4, -0.2) is 57.9 Å². The zero-order valence-corrected chi connectivity index (χ0v) is 17.3. The average molecular weight is 400 g/mol. The van der Waals surface area contributed by atoms with Crippen molar-refractivity contribution in [1.29, 1.82) is 0 Å². The van der Waals surface area contributed by atoms with Crippen LogP contribution in [0.2, 0.25) is 0 Å². The van der Waals surface area contributed by atoms with Crippen molar-refractivity contribution in [3.05, 3.63) is 41.5 Å². The number of aryl methyl sites for hydroxylation is 1. The van der Waals surface area contributed by atoms with Crippen LogP contribution in [0.25, 0.3) is 0 Å². The Kier molecular flexibility index (Phi) is 6.85. The van der Waals surface area contributed by atoms with Crippen molar-refractivity contribution in [3.8, 4) is 5.75 Å². The zero-order valence-electron chi connectivity index (χ0n) is 17.3. The van der Waals surface area contributed by atoms with E-state index in [1.165, 1.54) is 0 Å². The normalized spacial score (nSPS) is 14.3. The lowest BCUT2D eigenvalue weighted by molar-refractivity contribution is -0.132. The average Bonchev–Trinajstić information content (AvgIpc) is 3.15. The van der Waals surface area contributed by atoms with E-state index < -0.39 is 0 Å². The monoisotopic (exact) mass is 400 g/mol. The fraction of sp³-hybridized carbons (Fsp3) is 0.524. The molecule has 8 nitrogen and oxygen atoms in total. The molecule has 2 amide bonds. The lowest BCUT2D eigenvalue weighted by Gasteiger charge is -2.35. The molecule has 0 bridgehead atoms. The number of rotatable bonds is 7. The Hall–Kier alpha value is -2.90. The third-order valence-corrected chi connectivity index (χ3v) is 4.89. The van der Waals surface area contributed by atoms with Gasteiger partial charge in [-0.3, -0.25) is 9.59 Å². The Labute approximate surface area is 170 Å². The first-order chi connectivity index (χ1) is 13.9. The van der Waals surface area contributed by atoms with E-state index in [0.717, 1.165) is 6.42 Å². The van der Waals surface area contributed by atoms with E-state index in [1.807, 2.05) is 4.90 Å². The van der Waals surface area contributed by atoms with Crippen LogP contribution in [0.15, 0.2) is 28.8 Å². The van der Waals surface area contributed by atoms with Crippen LogP contribution in [0.4, 0.5) is 0 Å². The maximum Gasteiger partial charge on any atom is 0.253 e. The number of aromatic nitrogens is 2. The summed E-state index contributed by atoms with van der Waals surface area (Å²) in [6.45, 7) is 8.46. The Balaban J connectivity index is 1.47. The van der Waals surface area contributed by atoms with Gasteiger partial charge in [-0.1, -0.05) is 19.0 Å². The second-order valence-corrected chi connectivity index (χ2v) is 7.65. The first-order valence-corrected chi connectivity index (χ1v) is 10.0. The van der Waals surface area contributed by atoms with Crippen molar-refractivity contribution >= 4 is 11.8 Å². The van der Waals surface area contributed by atoms with Crippen LogP contribution < -0.4 is 4.74 Å². The lowest BCUT2D eigenvalue weighted by Crippen LogP contribution is -2.50. The Morgan fingerprint density at radius 3 is 2.34 bits per heavy atom. The minimum absolute atomic E-state index is 0.0281. The molecule has 1 aromatic heterocycles. The highest BCUT2D eigenvalue weighted by Gasteiger charge is 2.24. The Morgan fingerprint density at radius 2 is 1.76 bits per heavy atom. The van der Waals surface area contributed by atoms with Gasteiger partial charge >= 0.3 is 0 Å². The second-order valence-electron chi connectivity index (χ2n) is 7.65. The molecule has 1 saturated heterocycles. The van der Waals surface area contributed by atoms with Gasteiger partial charge in [-0.2, -0.15) is 4.98 Å². The number of carbonyl (C=O) groups is 2. The third-order valence-electron chi connectivity index (χ3n) is 4.89. The number of ether oxygens (including phenoxy) is 1. The summed E-state index contributed by atoms with van der Waals surface area (Å²) in [6, 6.07) is 7.01. The number of benzene rings is 1. The highest BCUT2D eigenvalue weighted by atomic mass is 16.5. The van der Waals surface area contributed by atoms with Crippen molar-refractivity contribution in [3.63, 3.8) is 0 Å². The molecule has 0 atom stereocenters. The maximum atomic E-state index is 12.7. The van der Waals surface area contributed by atoms with Crippen LogP contribution in [0, 0.1) is 12.8 Å². The highest BCUT2D eigenvalue weighted by Crippen LogP contribution is 2.16. The summed E-state index contributed by atoms with van der Waals surface area (Å²) in [5, 5.41) is 3.78. The molecule has 0 spiro atoms. The fourth-order valence-electron chi connectivity index (χ4n) is 3.15. The molecule has 3 rings (SSSR count). The lowest BCUT2D eigenvalue weighted by atomic mass is 10.1. The molecular formula is C21H28N4O4. The standard InChI is InChI=1S/C21H28N4O4/c1-15(2)4-9-20(26)24-10-12-25(13-11-24)21(27)17-5-7-18(8-6-17)28-14-19-22-16(3)29-23-19/h5-8,15H,4,9-14H2,1-3H3. The van der Waals surface area contributed by atoms with E-state index in [9.17, 15) is 9.59 Å². The molecular weight excluding hydrogens is 372 g/mol. The van der Waals surface area contributed by atoms with E-state index in [-0.39, 0.29) is 18.4 Å². The smallest absolute Gasteiger partial charge is 0.253 e. The molecule has 0 aliphatic carbocycles. The maximum absolute atomic E-state index is 12.7. The van der Waals surface area contributed by atoms with Crippen LogP contribution in [0.1, 0.15) is 48.8 Å². The first-order valence-electron chi connectivity index (χ1n) is 10.0. The van der Waals surface area contributed by atoms with E-state index in [4.69, 9.17) is 9.26 Å². The van der Waals surface area contributed by atoms with Crippen LogP contribution in [-0.2, 0) is 11.4 Å². The number of hydrogen-bond acceptors (Lipinski definition) is 6. The van der Waals surface area contributed by atoms with Crippen molar-refractivity contribution in [2.45, 2.75) is 40.2 Å². The molecule has 0 N–H and O–H groups in total. The molecule has 1 fully saturated rings. The summed E-state index contributed by atoms with van der Waals surface area (Å²) in [6.07, 6.45) is 1.48. The van der Waals surface area contributed by atoms with E-state index in [0.29, 0.717) is 61.5 Å². The molecule has 2 aromatic rings. The van der Waals surface area contributed by atoms with Gasteiger partial charge in [0.25, 0.3) is 5.91 Å². The van der Waals surface area contributed by atoms with Crippen molar-refractivity contribution < 1.29 is 18.8 Å². The van der Waals surface area contributed by atoms with E-state index in [2.05, 4.69) is 24.0 Å². The van der Waals surface area contributed by atoms with Crippen LogP contribution in [0.3, 0.4) is 0 Å². The molecule has 29 heavy (non-hydrogen) atoms. The quantitative estimate of drug-likeness (QED) is 0.710. The summed E-state index contributed by atoms with van der Waals surface area (Å²) in [4.78, 5) is 32.7. The molecule has 0 unspecified atom stereocenters. The summed E-state index contributed by atoms with van der Waals surface area (Å²) >= 11 is 0. The summed E-state index contributed by atoms with van der Waals surface area (Å²) in [5.74, 6) is 2.27. The summed E-state index contributed by atoms with van der Waals surface area (Å²) < 4.78 is 10.5. The first kappa shape index (κ1) is 20.8. The van der Waals surface area contributed by atoms with Crippen LogP contribution in [0.5, 0.6) is 5.75 Å². The molecule has 0 saturated carbocycles. The summed E-state index contributed by atoms with van der Waals surface area (Å²) in [5.41, 5.74) is 0.604. The van der Waals surface area contributed by atoms with Gasteiger partial charge in [0.1, 0.15) is 5.75 Å². The highest BCUT2D eigenvalue weighted by molar-refractivity contribution is 5.94. The molecule has 1 aromatic carbocycles. The topological polar surface area (TPSA) is 88.8 Å². The molecule has 1 aliphatic rings. The predicted molar refractivity (Wildman–Crippen MR) is 106 cm³/mol. The number of amides is 2. The van der Waals surface area contributed by atoms with Gasteiger partial charge in [0.15, 0.2) is 6.61 Å². The van der Waals surface area contributed by atoms with Gasteiger partial charge in [0.05, 0.1) is 0 Å². The Bertz CT molecular complexity index is 823. The number of piperazine rings is 1. The third kappa shape index (κ3) is 5.79. The van der Waals surface area contributed by atoms with Gasteiger partial charge in [0, 0.05) is 45.1 Å². The minimum atomic E-state index is -0.0281. The van der Waals surface area contributed by atoms with Gasteiger partial charge in [-0.05, 0) is 36.6 Å². The van der Waals surface area contributed by atoms with E-state index in [1.54, 1.807) is 36.1 Å². The second kappa shape index (κ2) is 9.54. The molecule has 1 aliphatic heterocycles. The zero-order chi connectivity index (χ0) is 20.8.